The number of anilines is 1. The highest BCUT2D eigenvalue weighted by atomic mass is 19.1. The number of hydrogen-bond donors (Lipinski definition) is 2. The highest BCUT2D eigenvalue weighted by Crippen LogP contribution is 2.04. The molecule has 0 saturated heterocycles. The molecule has 0 aromatic carbocycles. The van der Waals surface area contributed by atoms with Crippen LogP contribution in [0, 0.1) is 12.9 Å². The fourth-order valence-electron chi connectivity index (χ4n) is 1.14. The third-order valence-corrected chi connectivity index (χ3v) is 1.79. The van der Waals surface area contributed by atoms with E-state index in [-0.39, 0.29) is 0 Å². The van der Waals surface area contributed by atoms with Crippen LogP contribution < -0.4 is 5.32 Å². The Kier molecular flexibility index (Phi) is 2.57. The van der Waals surface area contributed by atoms with Crippen molar-refractivity contribution in [1.29, 1.82) is 0 Å². The molecule has 0 saturated carbocycles. The van der Waals surface area contributed by atoms with Gasteiger partial charge in [-0.1, -0.05) is 6.07 Å². The lowest BCUT2D eigenvalue weighted by Crippen LogP contribution is -2.03. The van der Waals surface area contributed by atoms with Gasteiger partial charge in [-0.25, -0.2) is 9.97 Å². The summed E-state index contributed by atoms with van der Waals surface area (Å²) in [6.07, 6.45) is 0. The third kappa shape index (κ3) is 2.49. The van der Waals surface area contributed by atoms with Gasteiger partial charge < -0.3 is 5.32 Å². The summed E-state index contributed by atoms with van der Waals surface area (Å²) >= 11 is 0. The second-order valence-corrected chi connectivity index (χ2v) is 3.04. The minimum Gasteiger partial charge on any atom is -0.363 e. The monoisotopic (exact) mass is 207 g/mol. The standard InChI is InChI=1S/C9H10FN5/c1-6-12-9(15-14-6)5-11-8-4-2-3-7(10)13-8/h2-4H,5H2,1H3,(H,11,13)(H,12,14,15). The molecule has 0 aliphatic rings. The second-order valence-electron chi connectivity index (χ2n) is 3.04. The number of nitrogens with one attached hydrogen (secondary N) is 2. The first-order chi connectivity index (χ1) is 7.24. The van der Waals surface area contributed by atoms with Crippen LogP contribution in [0.15, 0.2) is 18.2 Å². The molecule has 2 N–H and O–H groups in total. The first-order valence-electron chi connectivity index (χ1n) is 4.48. The SMILES string of the molecule is Cc1nc(CNc2cccc(F)n2)n[nH]1. The summed E-state index contributed by atoms with van der Waals surface area (Å²) in [7, 11) is 0. The fraction of sp³-hybridized carbons (Fsp3) is 0.222. The maximum Gasteiger partial charge on any atom is 0.214 e. The van der Waals surface area contributed by atoms with Crippen molar-refractivity contribution in [3.63, 3.8) is 0 Å². The number of nitrogens with zero attached hydrogens (tertiary/aromatic N) is 3. The minimum absolute atomic E-state index is 0.417. The predicted molar refractivity (Wildman–Crippen MR) is 52.6 cm³/mol. The Morgan fingerprint density at radius 3 is 2.93 bits per heavy atom. The van der Waals surface area contributed by atoms with Gasteiger partial charge in [-0.2, -0.15) is 9.49 Å². The largest absolute Gasteiger partial charge is 0.363 e. The lowest BCUT2D eigenvalue weighted by atomic mass is 10.4. The van der Waals surface area contributed by atoms with Gasteiger partial charge in [0.25, 0.3) is 0 Å². The van der Waals surface area contributed by atoms with Crippen LogP contribution in [0.3, 0.4) is 0 Å². The molecule has 2 rings (SSSR count). The van der Waals surface area contributed by atoms with Crippen molar-refractivity contribution in [3.05, 3.63) is 35.8 Å². The molecule has 15 heavy (non-hydrogen) atoms. The van der Waals surface area contributed by atoms with Gasteiger partial charge in [-0.05, 0) is 19.1 Å². The molecule has 0 amide bonds. The van der Waals surface area contributed by atoms with E-state index in [1.807, 2.05) is 6.92 Å². The van der Waals surface area contributed by atoms with Gasteiger partial charge in [-0.15, -0.1) is 0 Å². The maximum absolute atomic E-state index is 12.7. The topological polar surface area (TPSA) is 66.5 Å². The van der Waals surface area contributed by atoms with E-state index in [1.165, 1.54) is 6.07 Å². The number of aryl methyl sites for hydroxylation is 1. The lowest BCUT2D eigenvalue weighted by molar-refractivity contribution is 0.585. The first kappa shape index (κ1) is 9.57. The maximum atomic E-state index is 12.7. The highest BCUT2D eigenvalue weighted by molar-refractivity contribution is 5.33. The number of pyridine rings is 1. The fourth-order valence-corrected chi connectivity index (χ4v) is 1.14. The summed E-state index contributed by atoms with van der Waals surface area (Å²) in [6, 6.07) is 4.57. The Bertz CT molecular complexity index is 453. The average Bonchev–Trinajstić information content (AvgIpc) is 2.62. The Balaban J connectivity index is 1.99. The molecule has 0 aliphatic carbocycles. The lowest BCUT2D eigenvalue weighted by Gasteiger charge is -2.01. The van der Waals surface area contributed by atoms with Gasteiger partial charge >= 0.3 is 0 Å². The Labute approximate surface area is 85.8 Å². The Hall–Kier alpha value is -1.98. The molecule has 0 aliphatic heterocycles. The zero-order chi connectivity index (χ0) is 10.7. The minimum atomic E-state index is -0.508. The third-order valence-electron chi connectivity index (χ3n) is 1.79. The van der Waals surface area contributed by atoms with E-state index in [0.717, 1.165) is 5.82 Å². The molecule has 0 atom stereocenters. The van der Waals surface area contributed by atoms with Crippen molar-refractivity contribution in [2.24, 2.45) is 0 Å². The molecule has 0 bridgehead atoms. The summed E-state index contributed by atoms with van der Waals surface area (Å²) in [4.78, 5) is 7.75. The summed E-state index contributed by atoms with van der Waals surface area (Å²) in [5.74, 6) is 1.33. The van der Waals surface area contributed by atoms with Gasteiger partial charge in [0.05, 0.1) is 6.54 Å². The smallest absolute Gasteiger partial charge is 0.214 e. The zero-order valence-corrected chi connectivity index (χ0v) is 8.16. The van der Waals surface area contributed by atoms with E-state index in [9.17, 15) is 4.39 Å². The van der Waals surface area contributed by atoms with E-state index >= 15 is 0 Å². The highest BCUT2D eigenvalue weighted by Gasteiger charge is 2.00. The number of H-pyrrole nitrogens is 1. The summed E-state index contributed by atoms with van der Waals surface area (Å²) in [6.45, 7) is 2.23. The summed E-state index contributed by atoms with van der Waals surface area (Å²) in [5, 5.41) is 9.57. The van der Waals surface area contributed by atoms with Gasteiger partial charge in [0.15, 0.2) is 5.82 Å². The van der Waals surface area contributed by atoms with Crippen molar-refractivity contribution in [1.82, 2.24) is 20.2 Å². The number of rotatable bonds is 3. The van der Waals surface area contributed by atoms with Crippen molar-refractivity contribution in [2.45, 2.75) is 13.5 Å². The normalized spacial score (nSPS) is 10.3. The van der Waals surface area contributed by atoms with Crippen LogP contribution in [0.2, 0.25) is 0 Å². The van der Waals surface area contributed by atoms with Crippen molar-refractivity contribution in [3.8, 4) is 0 Å². The molecule has 78 valence electrons. The van der Waals surface area contributed by atoms with Crippen LogP contribution >= 0.6 is 0 Å². The first-order valence-corrected chi connectivity index (χ1v) is 4.48. The van der Waals surface area contributed by atoms with E-state index in [2.05, 4.69) is 25.5 Å². The van der Waals surface area contributed by atoms with Crippen molar-refractivity contribution >= 4 is 5.82 Å². The Morgan fingerprint density at radius 1 is 1.40 bits per heavy atom. The van der Waals surface area contributed by atoms with Crippen LogP contribution in [0.5, 0.6) is 0 Å². The molecule has 0 spiro atoms. The van der Waals surface area contributed by atoms with E-state index in [4.69, 9.17) is 0 Å². The molecule has 2 aromatic heterocycles. The number of aromatic amines is 1. The van der Waals surface area contributed by atoms with Gasteiger partial charge in [0, 0.05) is 0 Å². The van der Waals surface area contributed by atoms with Crippen LogP contribution in [0.1, 0.15) is 11.6 Å². The summed E-state index contributed by atoms with van der Waals surface area (Å²) in [5.41, 5.74) is 0. The molecule has 2 heterocycles. The van der Waals surface area contributed by atoms with E-state index in [0.29, 0.717) is 18.2 Å². The summed E-state index contributed by atoms with van der Waals surface area (Å²) < 4.78 is 12.7. The van der Waals surface area contributed by atoms with Crippen LogP contribution in [-0.4, -0.2) is 20.2 Å². The van der Waals surface area contributed by atoms with Gasteiger partial charge in [0.1, 0.15) is 11.6 Å². The van der Waals surface area contributed by atoms with Crippen molar-refractivity contribution in [2.75, 3.05) is 5.32 Å². The molecule has 2 aromatic rings. The van der Waals surface area contributed by atoms with Crippen LogP contribution in [0.25, 0.3) is 0 Å². The van der Waals surface area contributed by atoms with Crippen LogP contribution in [0.4, 0.5) is 10.2 Å². The number of hydrogen-bond acceptors (Lipinski definition) is 4. The quantitative estimate of drug-likeness (QED) is 0.743. The predicted octanol–water partition coefficient (Wildman–Crippen LogP) is 1.26. The molecular formula is C9H10FN5. The molecular weight excluding hydrogens is 197 g/mol. The molecule has 0 fully saturated rings. The van der Waals surface area contributed by atoms with E-state index < -0.39 is 5.95 Å². The van der Waals surface area contributed by atoms with Crippen molar-refractivity contribution < 1.29 is 4.39 Å². The molecule has 6 heteroatoms. The molecule has 0 unspecified atom stereocenters. The molecule has 0 radical (unpaired) electrons. The molecule has 5 nitrogen and oxygen atoms in total. The van der Waals surface area contributed by atoms with E-state index in [1.54, 1.807) is 12.1 Å². The Morgan fingerprint density at radius 2 is 2.27 bits per heavy atom. The number of aromatic nitrogens is 4. The second kappa shape index (κ2) is 4.04. The van der Waals surface area contributed by atoms with Gasteiger partial charge in [0.2, 0.25) is 5.95 Å². The zero-order valence-electron chi connectivity index (χ0n) is 8.16. The average molecular weight is 207 g/mol. The number of halogens is 1. The van der Waals surface area contributed by atoms with Crippen LogP contribution in [-0.2, 0) is 6.54 Å². The van der Waals surface area contributed by atoms with Gasteiger partial charge in [-0.3, -0.25) is 5.10 Å².